The Balaban J connectivity index is 1.96. The maximum atomic E-state index is 12.3. The van der Waals surface area contributed by atoms with Gasteiger partial charge in [-0.2, -0.15) is 10.2 Å². The SMILES string of the molecule is CC(C)CNC(=O)c1c(NC(=O)CCn2ccc(C(=O)O)n2)cnn1C. The second kappa shape index (κ2) is 8.28. The van der Waals surface area contributed by atoms with Gasteiger partial charge in [-0.3, -0.25) is 19.0 Å². The Bertz CT molecular complexity index is 808. The van der Waals surface area contributed by atoms with Gasteiger partial charge in [-0.25, -0.2) is 4.79 Å². The molecule has 2 aromatic rings. The number of nitrogens with zero attached hydrogens (tertiary/aromatic N) is 4. The van der Waals surface area contributed by atoms with Crippen molar-refractivity contribution in [3.8, 4) is 0 Å². The van der Waals surface area contributed by atoms with Crippen LogP contribution in [-0.4, -0.2) is 49.0 Å². The van der Waals surface area contributed by atoms with Crippen LogP contribution in [0.25, 0.3) is 0 Å². The number of carboxylic acid groups (broad SMARTS) is 1. The van der Waals surface area contributed by atoms with Gasteiger partial charge in [0.25, 0.3) is 5.91 Å². The van der Waals surface area contributed by atoms with E-state index >= 15 is 0 Å². The van der Waals surface area contributed by atoms with Crippen molar-refractivity contribution in [2.24, 2.45) is 13.0 Å². The van der Waals surface area contributed by atoms with Crippen LogP contribution in [-0.2, 0) is 18.4 Å². The van der Waals surface area contributed by atoms with Crippen LogP contribution in [0.1, 0.15) is 41.2 Å². The van der Waals surface area contributed by atoms with Crippen LogP contribution < -0.4 is 10.6 Å². The molecule has 0 aliphatic carbocycles. The number of carboxylic acids is 1. The lowest BCUT2D eigenvalue weighted by Gasteiger charge is -2.10. The lowest BCUT2D eigenvalue weighted by atomic mass is 10.2. The molecule has 0 bridgehead atoms. The highest BCUT2D eigenvalue weighted by molar-refractivity contribution is 6.02. The summed E-state index contributed by atoms with van der Waals surface area (Å²) in [7, 11) is 1.62. The van der Waals surface area contributed by atoms with Gasteiger partial charge in [-0.05, 0) is 12.0 Å². The second-order valence-corrected chi connectivity index (χ2v) is 6.20. The smallest absolute Gasteiger partial charge is 0.356 e. The van der Waals surface area contributed by atoms with Crippen LogP contribution in [0, 0.1) is 5.92 Å². The average molecular weight is 362 g/mol. The molecule has 0 radical (unpaired) electrons. The maximum absolute atomic E-state index is 12.3. The fraction of sp³-hybridized carbons (Fsp3) is 0.438. The minimum Gasteiger partial charge on any atom is -0.476 e. The molecule has 10 nitrogen and oxygen atoms in total. The summed E-state index contributed by atoms with van der Waals surface area (Å²) in [4.78, 5) is 35.2. The molecular weight excluding hydrogens is 340 g/mol. The van der Waals surface area contributed by atoms with Gasteiger partial charge in [0.15, 0.2) is 5.69 Å². The highest BCUT2D eigenvalue weighted by Gasteiger charge is 2.18. The van der Waals surface area contributed by atoms with E-state index in [1.807, 2.05) is 13.8 Å². The monoisotopic (exact) mass is 362 g/mol. The quantitative estimate of drug-likeness (QED) is 0.634. The van der Waals surface area contributed by atoms with Crippen molar-refractivity contribution < 1.29 is 19.5 Å². The summed E-state index contributed by atoms with van der Waals surface area (Å²) in [5, 5.41) is 22.1. The third-order valence-electron chi connectivity index (χ3n) is 3.53. The first-order valence-electron chi connectivity index (χ1n) is 8.14. The Morgan fingerprint density at radius 3 is 2.65 bits per heavy atom. The summed E-state index contributed by atoms with van der Waals surface area (Å²) in [6.07, 6.45) is 2.98. The molecule has 2 aromatic heterocycles. The van der Waals surface area contributed by atoms with E-state index in [2.05, 4.69) is 20.8 Å². The number of aromatic carboxylic acids is 1. The van der Waals surface area contributed by atoms with Crippen molar-refractivity contribution in [3.05, 3.63) is 29.8 Å². The zero-order valence-electron chi connectivity index (χ0n) is 14.9. The Morgan fingerprint density at radius 2 is 2.04 bits per heavy atom. The minimum atomic E-state index is -1.12. The first kappa shape index (κ1) is 19.2. The van der Waals surface area contributed by atoms with Crippen molar-refractivity contribution in [1.82, 2.24) is 24.9 Å². The molecule has 2 amide bonds. The predicted octanol–water partition coefficient (Wildman–Crippen LogP) is 0.729. The van der Waals surface area contributed by atoms with E-state index in [0.717, 1.165) is 0 Å². The topological polar surface area (TPSA) is 131 Å². The van der Waals surface area contributed by atoms with Crippen molar-refractivity contribution in [1.29, 1.82) is 0 Å². The van der Waals surface area contributed by atoms with Gasteiger partial charge in [0.2, 0.25) is 5.91 Å². The molecule has 2 rings (SSSR count). The second-order valence-electron chi connectivity index (χ2n) is 6.20. The summed E-state index contributed by atoms with van der Waals surface area (Å²) in [5.41, 5.74) is 0.512. The van der Waals surface area contributed by atoms with Crippen LogP contribution >= 0.6 is 0 Å². The fourth-order valence-corrected chi connectivity index (χ4v) is 2.21. The summed E-state index contributed by atoms with van der Waals surface area (Å²) in [5.74, 6) is -1.47. The third-order valence-corrected chi connectivity index (χ3v) is 3.53. The van der Waals surface area contributed by atoms with Crippen molar-refractivity contribution >= 4 is 23.5 Å². The van der Waals surface area contributed by atoms with Crippen LogP contribution in [0.15, 0.2) is 18.5 Å². The Labute approximate surface area is 150 Å². The molecule has 26 heavy (non-hydrogen) atoms. The summed E-state index contributed by atoms with van der Waals surface area (Å²) >= 11 is 0. The van der Waals surface area contributed by atoms with E-state index in [4.69, 9.17) is 5.11 Å². The Kier molecular flexibility index (Phi) is 6.10. The van der Waals surface area contributed by atoms with E-state index in [1.165, 1.54) is 27.8 Å². The van der Waals surface area contributed by atoms with E-state index in [-0.39, 0.29) is 36.2 Å². The number of hydrogen-bond acceptors (Lipinski definition) is 5. The molecule has 0 unspecified atom stereocenters. The number of carbonyl (C=O) groups is 3. The van der Waals surface area contributed by atoms with Crippen molar-refractivity contribution in [2.75, 3.05) is 11.9 Å². The van der Waals surface area contributed by atoms with Crippen LogP contribution in [0.4, 0.5) is 5.69 Å². The number of hydrogen-bond donors (Lipinski definition) is 3. The molecule has 3 N–H and O–H groups in total. The molecule has 2 heterocycles. The first-order valence-corrected chi connectivity index (χ1v) is 8.14. The van der Waals surface area contributed by atoms with Gasteiger partial charge < -0.3 is 15.7 Å². The molecular formula is C16H22N6O4. The van der Waals surface area contributed by atoms with Crippen LogP contribution in [0.3, 0.4) is 0 Å². The molecule has 0 aliphatic rings. The Hall–Kier alpha value is -3.17. The summed E-state index contributed by atoms with van der Waals surface area (Å²) < 4.78 is 2.78. The predicted molar refractivity (Wildman–Crippen MR) is 92.8 cm³/mol. The molecule has 0 saturated carbocycles. The van der Waals surface area contributed by atoms with E-state index in [9.17, 15) is 14.4 Å². The lowest BCUT2D eigenvalue weighted by Crippen LogP contribution is -2.30. The molecule has 0 atom stereocenters. The van der Waals surface area contributed by atoms with Crippen molar-refractivity contribution in [2.45, 2.75) is 26.8 Å². The van der Waals surface area contributed by atoms with Crippen LogP contribution in [0.5, 0.6) is 0 Å². The highest BCUT2D eigenvalue weighted by atomic mass is 16.4. The number of amides is 2. The molecule has 0 spiro atoms. The standard InChI is InChI=1S/C16H22N6O4/c1-10(2)8-17-15(24)14-12(9-18-21(14)3)19-13(23)5-7-22-6-4-11(20-22)16(25)26/h4,6,9-10H,5,7-8H2,1-3H3,(H,17,24)(H,19,23)(H,25,26). The Morgan fingerprint density at radius 1 is 1.31 bits per heavy atom. The maximum Gasteiger partial charge on any atom is 0.356 e. The normalized spacial score (nSPS) is 10.8. The molecule has 0 aliphatic heterocycles. The zero-order valence-corrected chi connectivity index (χ0v) is 14.9. The van der Waals surface area contributed by atoms with E-state index < -0.39 is 5.97 Å². The number of nitrogens with one attached hydrogen (secondary N) is 2. The van der Waals surface area contributed by atoms with Gasteiger partial charge >= 0.3 is 5.97 Å². The number of carbonyl (C=O) groups excluding carboxylic acids is 2. The van der Waals surface area contributed by atoms with Gasteiger partial charge in [0.05, 0.1) is 11.9 Å². The first-order chi connectivity index (χ1) is 12.3. The molecule has 140 valence electrons. The zero-order chi connectivity index (χ0) is 19.3. The van der Waals surface area contributed by atoms with Crippen LogP contribution in [0.2, 0.25) is 0 Å². The number of rotatable bonds is 8. The van der Waals surface area contributed by atoms with Crippen molar-refractivity contribution in [3.63, 3.8) is 0 Å². The highest BCUT2D eigenvalue weighted by Crippen LogP contribution is 2.14. The number of anilines is 1. The lowest BCUT2D eigenvalue weighted by molar-refractivity contribution is -0.116. The molecule has 10 heteroatoms. The van der Waals surface area contributed by atoms with Gasteiger partial charge in [0.1, 0.15) is 5.69 Å². The van der Waals surface area contributed by atoms with E-state index in [0.29, 0.717) is 18.2 Å². The molecule has 0 saturated heterocycles. The summed E-state index contributed by atoms with van der Waals surface area (Å²) in [6, 6.07) is 1.36. The largest absolute Gasteiger partial charge is 0.476 e. The fourth-order valence-electron chi connectivity index (χ4n) is 2.21. The number of aryl methyl sites for hydroxylation is 2. The minimum absolute atomic E-state index is 0.0721. The van der Waals surface area contributed by atoms with Gasteiger partial charge in [0, 0.05) is 32.8 Å². The van der Waals surface area contributed by atoms with Gasteiger partial charge in [-0.1, -0.05) is 13.8 Å². The average Bonchev–Trinajstić information content (AvgIpc) is 3.18. The third kappa shape index (κ3) is 4.91. The molecule has 0 fully saturated rings. The van der Waals surface area contributed by atoms with Gasteiger partial charge in [-0.15, -0.1) is 0 Å². The number of aromatic nitrogens is 4. The molecule has 0 aromatic carbocycles. The van der Waals surface area contributed by atoms with E-state index in [1.54, 1.807) is 7.05 Å². The summed E-state index contributed by atoms with van der Waals surface area (Å²) in [6.45, 7) is 4.70.